The standard InChI is InChI=1S/C17H20F5OPS2/c1-8(2)9-5-6-17(3,10(23)7-9)26-24(4)25-16-14(21)12(19)11(18)13(20)15(16)22/h9-10,23-24H,1,4-7H2,2-3H3/t9-,10?,17+/m1/s1. The molecular formula is C17H20F5OPS2. The molecule has 2 rings (SSSR count). The molecule has 26 heavy (non-hydrogen) atoms. The summed E-state index contributed by atoms with van der Waals surface area (Å²) in [5.74, 6) is -11.4. The van der Waals surface area contributed by atoms with Crippen molar-refractivity contribution in [2.45, 2.75) is 48.9 Å². The molecule has 1 nitrogen and oxygen atoms in total. The van der Waals surface area contributed by atoms with E-state index in [0.29, 0.717) is 24.2 Å². The SMILES string of the molecule is C=C(C)[C@@H]1CC[C@](C)(S[PH](=C)Sc2c(F)c(F)c(F)c(F)c2F)C(O)C1. The normalized spacial score (nSPS) is 27.4. The second-order valence-corrected chi connectivity index (χ2v) is 14.1. The summed E-state index contributed by atoms with van der Waals surface area (Å²) in [6.45, 7) is 7.65. The van der Waals surface area contributed by atoms with Crippen molar-refractivity contribution < 1.29 is 27.1 Å². The van der Waals surface area contributed by atoms with E-state index < -0.39 is 50.8 Å². The molecule has 4 atom stereocenters. The van der Waals surface area contributed by atoms with E-state index in [1.54, 1.807) is 0 Å². The molecule has 9 heteroatoms. The Hall–Kier alpha value is -0.430. The van der Waals surface area contributed by atoms with Crippen LogP contribution in [0.2, 0.25) is 0 Å². The summed E-state index contributed by atoms with van der Waals surface area (Å²) in [6.07, 6.45) is 5.18. The van der Waals surface area contributed by atoms with Crippen molar-refractivity contribution in [2.75, 3.05) is 0 Å². The first-order chi connectivity index (χ1) is 12.0. The summed E-state index contributed by atoms with van der Waals surface area (Å²) in [5.41, 5.74) is 0.993. The molecule has 1 aromatic rings. The maximum atomic E-state index is 13.8. The molecule has 0 spiro atoms. The van der Waals surface area contributed by atoms with Gasteiger partial charge in [0, 0.05) is 4.75 Å². The van der Waals surface area contributed by atoms with Crippen LogP contribution in [0.4, 0.5) is 22.0 Å². The van der Waals surface area contributed by atoms with Crippen LogP contribution in [-0.4, -0.2) is 22.3 Å². The summed E-state index contributed by atoms with van der Waals surface area (Å²) in [7, 11) is 0. The van der Waals surface area contributed by atoms with E-state index in [9.17, 15) is 27.1 Å². The van der Waals surface area contributed by atoms with Crippen molar-refractivity contribution in [3.05, 3.63) is 41.2 Å². The first-order valence-corrected chi connectivity index (χ1v) is 12.7. The quantitative estimate of drug-likeness (QED) is 0.198. The van der Waals surface area contributed by atoms with Crippen LogP contribution in [0.25, 0.3) is 0 Å². The summed E-state index contributed by atoms with van der Waals surface area (Å²) in [4.78, 5) is -0.911. The summed E-state index contributed by atoms with van der Waals surface area (Å²) >= 11 is 1.84. The van der Waals surface area contributed by atoms with Gasteiger partial charge in [-0.25, -0.2) is 22.0 Å². The van der Waals surface area contributed by atoms with Crippen molar-refractivity contribution in [3.63, 3.8) is 0 Å². The van der Waals surface area contributed by atoms with E-state index in [1.807, 2.05) is 13.8 Å². The smallest absolute Gasteiger partial charge is 0.200 e. The van der Waals surface area contributed by atoms with E-state index in [0.717, 1.165) is 12.0 Å². The predicted molar refractivity (Wildman–Crippen MR) is 102 cm³/mol. The van der Waals surface area contributed by atoms with Gasteiger partial charge in [0.05, 0.1) is 11.0 Å². The van der Waals surface area contributed by atoms with E-state index in [2.05, 4.69) is 12.9 Å². The highest BCUT2D eigenvalue weighted by molar-refractivity contribution is 8.87. The van der Waals surface area contributed by atoms with E-state index >= 15 is 0 Å². The number of rotatable bonds is 5. The zero-order chi connectivity index (χ0) is 19.8. The fourth-order valence-corrected chi connectivity index (χ4v) is 11.0. The molecule has 2 unspecified atom stereocenters. The molecule has 0 amide bonds. The first-order valence-electron chi connectivity index (χ1n) is 7.88. The molecule has 0 aromatic heterocycles. The van der Waals surface area contributed by atoms with Crippen LogP contribution in [0.3, 0.4) is 0 Å². The lowest BCUT2D eigenvalue weighted by molar-refractivity contribution is 0.0804. The molecular weight excluding hydrogens is 410 g/mol. The zero-order valence-electron chi connectivity index (χ0n) is 14.3. The Morgan fingerprint density at radius 1 is 1.12 bits per heavy atom. The van der Waals surface area contributed by atoms with Crippen LogP contribution < -0.4 is 0 Å². The van der Waals surface area contributed by atoms with Crippen LogP contribution in [0.15, 0.2) is 17.0 Å². The summed E-state index contributed by atoms with van der Waals surface area (Å²) in [5, 5.41) is 10.5. The molecule has 1 fully saturated rings. The van der Waals surface area contributed by atoms with Gasteiger partial charge in [-0.2, -0.15) is 0 Å². The average molecular weight is 430 g/mol. The highest BCUT2D eigenvalue weighted by Gasteiger charge is 2.40. The third-order valence-electron chi connectivity index (χ3n) is 4.63. The predicted octanol–water partition coefficient (Wildman–Crippen LogP) is 6.18. The molecule has 0 bridgehead atoms. The average Bonchev–Trinajstić information content (AvgIpc) is 2.57. The molecule has 146 valence electrons. The first kappa shape index (κ1) is 21.9. The van der Waals surface area contributed by atoms with Gasteiger partial charge in [-0.3, -0.25) is 0 Å². The summed E-state index contributed by atoms with van der Waals surface area (Å²) in [6, 6.07) is 0. The topological polar surface area (TPSA) is 20.2 Å². The molecule has 0 aliphatic heterocycles. The highest BCUT2D eigenvalue weighted by atomic mass is 33.1. The molecule has 1 aliphatic carbocycles. The van der Waals surface area contributed by atoms with Gasteiger partial charge >= 0.3 is 0 Å². The Kier molecular flexibility index (Phi) is 6.97. The van der Waals surface area contributed by atoms with Crippen LogP contribution >= 0.6 is 28.7 Å². The van der Waals surface area contributed by atoms with Crippen LogP contribution in [0.5, 0.6) is 0 Å². The Bertz CT molecular complexity index is 728. The van der Waals surface area contributed by atoms with Crippen LogP contribution in [0.1, 0.15) is 33.1 Å². The maximum absolute atomic E-state index is 13.8. The lowest BCUT2D eigenvalue weighted by Crippen LogP contribution is -2.41. The minimum absolute atomic E-state index is 0.210. The van der Waals surface area contributed by atoms with Gasteiger partial charge in [-0.1, -0.05) is 29.8 Å². The number of allylic oxidation sites excluding steroid dienone is 1. The van der Waals surface area contributed by atoms with E-state index in [4.69, 9.17) is 0 Å². The van der Waals surface area contributed by atoms with Gasteiger partial charge in [0.25, 0.3) is 0 Å². The van der Waals surface area contributed by atoms with Crippen LogP contribution in [0, 0.1) is 35.0 Å². The van der Waals surface area contributed by atoms with Crippen molar-refractivity contribution in [1.82, 2.24) is 0 Å². The molecule has 0 radical (unpaired) electrons. The van der Waals surface area contributed by atoms with Gasteiger partial charge in [-0.15, -0.1) is 11.4 Å². The van der Waals surface area contributed by atoms with Gasteiger partial charge in [0.2, 0.25) is 5.82 Å². The second-order valence-electron chi connectivity index (χ2n) is 6.62. The number of aliphatic hydroxyl groups is 1. The van der Waals surface area contributed by atoms with Gasteiger partial charge in [-0.05, 0) is 45.0 Å². The molecule has 1 aromatic carbocycles. The van der Waals surface area contributed by atoms with Gasteiger partial charge in [0.15, 0.2) is 23.3 Å². The van der Waals surface area contributed by atoms with Crippen LogP contribution in [-0.2, 0) is 0 Å². The molecule has 0 saturated heterocycles. The van der Waals surface area contributed by atoms with E-state index in [-0.39, 0.29) is 5.92 Å². The van der Waals surface area contributed by atoms with Crippen molar-refractivity contribution in [1.29, 1.82) is 0 Å². The monoisotopic (exact) mass is 430 g/mol. The maximum Gasteiger partial charge on any atom is 0.200 e. The lowest BCUT2D eigenvalue weighted by atomic mass is 9.77. The van der Waals surface area contributed by atoms with Gasteiger partial charge in [0.1, 0.15) is 0 Å². The number of hydrogen-bond donors (Lipinski definition) is 1. The largest absolute Gasteiger partial charge is 0.392 e. The number of aliphatic hydroxyl groups excluding tert-OH is 1. The minimum atomic E-state index is -2.17. The minimum Gasteiger partial charge on any atom is -0.392 e. The molecule has 1 N–H and O–H groups in total. The van der Waals surface area contributed by atoms with E-state index in [1.165, 1.54) is 11.4 Å². The number of benzene rings is 1. The Morgan fingerprint density at radius 3 is 2.08 bits per heavy atom. The lowest BCUT2D eigenvalue weighted by Gasteiger charge is -2.42. The second kappa shape index (κ2) is 8.29. The Balaban J connectivity index is 2.16. The fraction of sp³-hybridized carbons (Fsp3) is 0.471. The van der Waals surface area contributed by atoms with Crippen molar-refractivity contribution in [2.24, 2.45) is 5.92 Å². The highest BCUT2D eigenvalue weighted by Crippen LogP contribution is 2.62. The fourth-order valence-electron chi connectivity index (χ4n) is 2.90. The van der Waals surface area contributed by atoms with Gasteiger partial charge < -0.3 is 5.11 Å². The molecule has 0 heterocycles. The van der Waals surface area contributed by atoms with Crippen molar-refractivity contribution >= 4 is 35.0 Å². The van der Waals surface area contributed by atoms with Crippen molar-refractivity contribution in [3.8, 4) is 0 Å². The molecule has 1 saturated carbocycles. The molecule has 1 aliphatic rings. The number of hydrogen-bond acceptors (Lipinski definition) is 3. The third kappa shape index (κ3) is 4.34. The number of halogens is 5. The summed E-state index contributed by atoms with van der Waals surface area (Å²) < 4.78 is 66.9. The Morgan fingerprint density at radius 2 is 1.62 bits per heavy atom. The Labute approximate surface area is 158 Å². The zero-order valence-corrected chi connectivity index (χ0v) is 17.0. The third-order valence-corrected chi connectivity index (χ3v) is 11.5.